The highest BCUT2D eigenvalue weighted by Crippen LogP contribution is 2.28. The van der Waals surface area contributed by atoms with Gasteiger partial charge in [-0.15, -0.1) is 0 Å². The molecule has 0 N–H and O–H groups in total. The third-order valence-electron chi connectivity index (χ3n) is 3.45. The molecule has 1 aromatic heterocycles. The van der Waals surface area contributed by atoms with E-state index in [4.69, 9.17) is 0 Å². The van der Waals surface area contributed by atoms with Crippen LogP contribution in [0.1, 0.15) is 37.1 Å². The van der Waals surface area contributed by atoms with Gasteiger partial charge in [-0.2, -0.15) is 0 Å². The van der Waals surface area contributed by atoms with Gasteiger partial charge in [0.1, 0.15) is 0 Å². The molecule has 1 fully saturated rings. The third kappa shape index (κ3) is 2.70. The van der Waals surface area contributed by atoms with E-state index in [1.165, 1.54) is 0 Å². The van der Waals surface area contributed by atoms with E-state index < -0.39 is 10.0 Å². The lowest BCUT2D eigenvalue weighted by molar-refractivity contribution is 0.312. The predicted octanol–water partition coefficient (Wildman–Crippen LogP) is 1.31. The van der Waals surface area contributed by atoms with Crippen LogP contribution in [-0.4, -0.2) is 41.5 Å². The Morgan fingerprint density at radius 2 is 2.11 bits per heavy atom. The molecular weight excluding hydrogens is 250 g/mol. The van der Waals surface area contributed by atoms with Gasteiger partial charge in [-0.05, 0) is 26.7 Å². The van der Waals surface area contributed by atoms with Crippen LogP contribution >= 0.6 is 0 Å². The molecule has 1 aliphatic heterocycles. The molecule has 2 heterocycles. The zero-order valence-corrected chi connectivity index (χ0v) is 11.7. The summed E-state index contributed by atoms with van der Waals surface area (Å²) in [6.45, 7) is 4.78. The van der Waals surface area contributed by atoms with E-state index >= 15 is 0 Å². The molecule has 0 saturated carbocycles. The van der Waals surface area contributed by atoms with E-state index in [-0.39, 0.29) is 11.7 Å². The average molecular weight is 269 g/mol. The quantitative estimate of drug-likeness (QED) is 0.830. The molecule has 0 amide bonds. The first kappa shape index (κ1) is 13.4. The van der Waals surface area contributed by atoms with E-state index in [1.807, 2.05) is 6.92 Å². The van der Waals surface area contributed by atoms with Gasteiger partial charge in [-0.25, -0.2) is 12.7 Å². The number of aryl methyl sites for hydroxylation is 1. The second kappa shape index (κ2) is 5.32. The SMILES string of the molecule is CCS(=O)(=O)N1CCCC(c2nccnc2C)C1. The van der Waals surface area contributed by atoms with Crippen LogP contribution < -0.4 is 0 Å². The second-order valence-electron chi connectivity index (χ2n) is 4.62. The van der Waals surface area contributed by atoms with E-state index in [2.05, 4.69) is 9.97 Å². The first-order valence-electron chi connectivity index (χ1n) is 6.30. The van der Waals surface area contributed by atoms with Crippen molar-refractivity contribution in [2.75, 3.05) is 18.8 Å². The number of aromatic nitrogens is 2. The maximum absolute atomic E-state index is 11.9. The molecule has 1 saturated heterocycles. The average Bonchev–Trinajstić information content (AvgIpc) is 2.39. The van der Waals surface area contributed by atoms with Gasteiger partial charge in [-0.3, -0.25) is 9.97 Å². The van der Waals surface area contributed by atoms with E-state index in [0.717, 1.165) is 24.2 Å². The Morgan fingerprint density at radius 1 is 1.39 bits per heavy atom. The van der Waals surface area contributed by atoms with Crippen molar-refractivity contribution in [3.05, 3.63) is 23.8 Å². The van der Waals surface area contributed by atoms with Gasteiger partial charge in [0.2, 0.25) is 10.0 Å². The Hall–Kier alpha value is -1.01. The molecule has 2 rings (SSSR count). The Morgan fingerprint density at radius 3 is 2.78 bits per heavy atom. The largest absolute Gasteiger partial charge is 0.258 e. The normalized spacial score (nSPS) is 22.0. The van der Waals surface area contributed by atoms with E-state index in [9.17, 15) is 8.42 Å². The van der Waals surface area contributed by atoms with Crippen molar-refractivity contribution in [2.24, 2.45) is 0 Å². The van der Waals surface area contributed by atoms with Crippen LogP contribution in [0.25, 0.3) is 0 Å². The molecule has 1 aliphatic rings. The molecule has 1 atom stereocenters. The van der Waals surface area contributed by atoms with Crippen LogP contribution in [-0.2, 0) is 10.0 Å². The topological polar surface area (TPSA) is 63.2 Å². The first-order chi connectivity index (χ1) is 8.54. The molecule has 0 bridgehead atoms. The molecule has 0 aliphatic carbocycles. The van der Waals surface area contributed by atoms with Crippen LogP contribution in [0, 0.1) is 6.92 Å². The molecule has 1 unspecified atom stereocenters. The monoisotopic (exact) mass is 269 g/mol. The fraction of sp³-hybridized carbons (Fsp3) is 0.667. The fourth-order valence-corrected chi connectivity index (χ4v) is 3.60. The van der Waals surface area contributed by atoms with Crippen molar-refractivity contribution in [1.29, 1.82) is 0 Å². The zero-order valence-electron chi connectivity index (χ0n) is 10.8. The smallest absolute Gasteiger partial charge is 0.213 e. The van der Waals surface area contributed by atoms with Gasteiger partial charge in [0.15, 0.2) is 0 Å². The molecule has 0 radical (unpaired) electrons. The Balaban J connectivity index is 2.20. The summed E-state index contributed by atoms with van der Waals surface area (Å²) in [7, 11) is -3.09. The predicted molar refractivity (Wildman–Crippen MR) is 69.8 cm³/mol. The highest BCUT2D eigenvalue weighted by atomic mass is 32.2. The fourth-order valence-electron chi connectivity index (χ4n) is 2.42. The minimum atomic E-state index is -3.09. The third-order valence-corrected chi connectivity index (χ3v) is 5.30. The van der Waals surface area contributed by atoms with Crippen molar-refractivity contribution >= 4 is 10.0 Å². The van der Waals surface area contributed by atoms with E-state index in [1.54, 1.807) is 23.6 Å². The van der Waals surface area contributed by atoms with Crippen molar-refractivity contribution in [3.8, 4) is 0 Å². The number of hydrogen-bond donors (Lipinski definition) is 0. The standard InChI is InChI=1S/C12H19N3O2S/c1-3-18(16,17)15-8-4-5-11(9-15)12-10(2)13-6-7-14-12/h6-7,11H,3-5,8-9H2,1-2H3. The van der Waals surface area contributed by atoms with Crippen molar-refractivity contribution in [3.63, 3.8) is 0 Å². The molecular formula is C12H19N3O2S. The number of sulfonamides is 1. The summed E-state index contributed by atoms with van der Waals surface area (Å²) in [4.78, 5) is 8.59. The maximum atomic E-state index is 11.9. The summed E-state index contributed by atoms with van der Waals surface area (Å²) in [6, 6.07) is 0. The molecule has 0 spiro atoms. The number of nitrogens with zero attached hydrogens (tertiary/aromatic N) is 3. The number of piperidine rings is 1. The van der Waals surface area contributed by atoms with Crippen molar-refractivity contribution < 1.29 is 8.42 Å². The Kier molecular flexibility index (Phi) is 3.97. The van der Waals surface area contributed by atoms with Crippen LogP contribution in [0.2, 0.25) is 0 Å². The minimum Gasteiger partial charge on any atom is -0.258 e. The molecule has 100 valence electrons. The van der Waals surface area contributed by atoms with Crippen LogP contribution in [0.3, 0.4) is 0 Å². The summed E-state index contributed by atoms with van der Waals surface area (Å²) < 4.78 is 25.4. The van der Waals surface area contributed by atoms with Crippen molar-refractivity contribution in [2.45, 2.75) is 32.6 Å². The van der Waals surface area contributed by atoms with Gasteiger partial charge in [0.05, 0.1) is 17.1 Å². The van der Waals surface area contributed by atoms with Crippen molar-refractivity contribution in [1.82, 2.24) is 14.3 Å². The molecule has 0 aromatic carbocycles. The number of rotatable bonds is 3. The van der Waals surface area contributed by atoms with Gasteiger partial charge in [0.25, 0.3) is 0 Å². The molecule has 1 aromatic rings. The minimum absolute atomic E-state index is 0.166. The van der Waals surface area contributed by atoms with Gasteiger partial charge in [0, 0.05) is 31.4 Å². The van der Waals surface area contributed by atoms with Gasteiger partial charge in [-0.1, -0.05) is 0 Å². The molecule has 6 heteroatoms. The summed E-state index contributed by atoms with van der Waals surface area (Å²) in [5.41, 5.74) is 1.84. The van der Waals surface area contributed by atoms with Gasteiger partial charge >= 0.3 is 0 Å². The molecule has 5 nitrogen and oxygen atoms in total. The van der Waals surface area contributed by atoms with Crippen LogP contribution in [0.15, 0.2) is 12.4 Å². The number of hydrogen-bond acceptors (Lipinski definition) is 4. The Labute approximate surface area is 108 Å². The maximum Gasteiger partial charge on any atom is 0.213 e. The first-order valence-corrected chi connectivity index (χ1v) is 7.91. The molecule has 18 heavy (non-hydrogen) atoms. The Bertz CT molecular complexity index is 516. The van der Waals surface area contributed by atoms with Crippen LogP contribution in [0.4, 0.5) is 0 Å². The lowest BCUT2D eigenvalue weighted by Crippen LogP contribution is -2.40. The van der Waals surface area contributed by atoms with Crippen LogP contribution in [0.5, 0.6) is 0 Å². The lowest BCUT2D eigenvalue weighted by atomic mass is 9.95. The lowest BCUT2D eigenvalue weighted by Gasteiger charge is -2.31. The summed E-state index contributed by atoms with van der Waals surface area (Å²) in [5.74, 6) is 0.341. The van der Waals surface area contributed by atoms with Gasteiger partial charge < -0.3 is 0 Å². The highest BCUT2D eigenvalue weighted by Gasteiger charge is 2.29. The summed E-state index contributed by atoms with van der Waals surface area (Å²) >= 11 is 0. The summed E-state index contributed by atoms with van der Waals surface area (Å²) in [5, 5.41) is 0. The summed E-state index contributed by atoms with van der Waals surface area (Å²) in [6.07, 6.45) is 5.22. The highest BCUT2D eigenvalue weighted by molar-refractivity contribution is 7.89. The zero-order chi connectivity index (χ0) is 13.2. The second-order valence-corrected chi connectivity index (χ2v) is 6.88. The van der Waals surface area contributed by atoms with E-state index in [0.29, 0.717) is 13.1 Å².